The molecule has 0 radical (unpaired) electrons. The van der Waals surface area contributed by atoms with E-state index in [4.69, 9.17) is 28.4 Å². The maximum absolute atomic E-state index is 14.0. The van der Waals surface area contributed by atoms with E-state index in [0.717, 1.165) is 57.8 Å². The minimum atomic E-state index is -2.00. The van der Waals surface area contributed by atoms with Gasteiger partial charge in [0.25, 0.3) is 0 Å². The van der Waals surface area contributed by atoms with Crippen molar-refractivity contribution in [1.29, 1.82) is 0 Å². The predicted molar refractivity (Wildman–Crippen MR) is 279 cm³/mol. The number of esters is 2. The van der Waals surface area contributed by atoms with Gasteiger partial charge in [0.15, 0.2) is 12.4 Å². The minimum absolute atomic E-state index is 0.000783. The summed E-state index contributed by atoms with van der Waals surface area (Å²) in [5.74, 6) is -4.07. The van der Waals surface area contributed by atoms with Gasteiger partial charge in [0.1, 0.15) is 29.7 Å². The van der Waals surface area contributed by atoms with Crippen LogP contribution in [0.3, 0.4) is 0 Å². The molecule has 7 aliphatic carbocycles. The van der Waals surface area contributed by atoms with Crippen molar-refractivity contribution in [3.8, 4) is 5.75 Å². The standard InChI is InChI=1S/C61H88O17/c1-30-25-40-54(4,21-15-39-57(40,7)31(2)26-42(58(39,8)52(70)71)75-51-48(74-10)46(66)45(65)47(76-51)49(67)68)35-13-19-53(3)36(56(30,35)6)16-22-59(28-62)37(53)14-20-55(5)38(59)17-23-60(29-63)41(55)27-32-34(77-60)12-11-33-44(32)50(69)78-61(33,72)24-18-43(64)73-9/h11-12,30-31,35-42,45-48,51,62-63,65-66,72H,13-29H2,1-10H3,(H,67,68)(H,70,71)/t30-,31-,35?,36?,37?,38?,39?,40?,41?,42?,45+,46+,47+,48-,51-,53-,54+,55-,56+,57+,58-,59-,60-,61?/m1/s1. The van der Waals surface area contributed by atoms with Crippen LogP contribution in [-0.2, 0) is 50.3 Å². The lowest BCUT2D eigenvalue weighted by molar-refractivity contribution is -0.335. The lowest BCUT2D eigenvalue weighted by Gasteiger charge is -2.77. The molecule has 7 saturated carbocycles. The van der Waals surface area contributed by atoms with Crippen LogP contribution in [-0.4, -0.2) is 129 Å². The smallest absolute Gasteiger partial charge is 0.341 e. The van der Waals surface area contributed by atoms with Crippen LogP contribution in [0.1, 0.15) is 167 Å². The number of carbonyl (C=O) groups is 4. The molecule has 7 N–H and O–H groups in total. The number of hydrogen-bond donors (Lipinski definition) is 7. The Morgan fingerprint density at radius 1 is 0.705 bits per heavy atom. The fraction of sp³-hybridized carbons (Fsp3) is 0.836. The van der Waals surface area contributed by atoms with Crippen LogP contribution in [0, 0.1) is 91.2 Å². The van der Waals surface area contributed by atoms with Crippen LogP contribution >= 0.6 is 0 Å². The third-order valence-corrected chi connectivity index (χ3v) is 26.3. The summed E-state index contributed by atoms with van der Waals surface area (Å²) in [7, 11) is 2.58. The molecule has 24 atom stereocenters. The molecule has 1 aromatic rings. The molecule has 0 bridgehead atoms. The summed E-state index contributed by atoms with van der Waals surface area (Å²) in [6.45, 7) is 18.7. The van der Waals surface area contributed by atoms with E-state index in [1.54, 1.807) is 19.1 Å². The monoisotopic (exact) mass is 1090 g/mol. The summed E-state index contributed by atoms with van der Waals surface area (Å²) in [5.41, 5.74) is -2.50. The van der Waals surface area contributed by atoms with E-state index in [1.807, 2.05) is 0 Å². The highest BCUT2D eigenvalue weighted by Crippen LogP contribution is 2.81. The van der Waals surface area contributed by atoms with Gasteiger partial charge in [0, 0.05) is 42.6 Å². The van der Waals surface area contributed by atoms with Gasteiger partial charge in [-0.25, -0.2) is 9.59 Å². The zero-order valence-electron chi connectivity index (χ0n) is 47.5. The van der Waals surface area contributed by atoms with Gasteiger partial charge in [-0.15, -0.1) is 0 Å². The zero-order chi connectivity index (χ0) is 56.5. The summed E-state index contributed by atoms with van der Waals surface area (Å²) in [5, 5.41) is 78.3. The number of carboxylic acid groups (broad SMARTS) is 2. The minimum Gasteiger partial charge on any atom is -0.484 e. The molecule has 78 heavy (non-hydrogen) atoms. The number of benzene rings is 1. The van der Waals surface area contributed by atoms with E-state index in [2.05, 4.69) is 48.5 Å². The second-order valence-electron chi connectivity index (χ2n) is 28.4. The van der Waals surface area contributed by atoms with E-state index in [1.165, 1.54) is 14.2 Å². The number of rotatable bonds is 10. The first kappa shape index (κ1) is 56.4. The fourth-order valence-electron chi connectivity index (χ4n) is 22.4. The second kappa shape index (κ2) is 18.5. The summed E-state index contributed by atoms with van der Waals surface area (Å²) >= 11 is 0. The summed E-state index contributed by atoms with van der Waals surface area (Å²) < 4.78 is 35.4. The van der Waals surface area contributed by atoms with Crippen LogP contribution in [0.15, 0.2) is 12.1 Å². The van der Waals surface area contributed by atoms with Crippen LogP contribution in [0.25, 0.3) is 0 Å². The third-order valence-electron chi connectivity index (χ3n) is 26.3. The van der Waals surface area contributed by atoms with Crippen molar-refractivity contribution in [2.45, 2.75) is 200 Å². The maximum atomic E-state index is 14.0. The zero-order valence-corrected chi connectivity index (χ0v) is 47.5. The van der Waals surface area contributed by atoms with Crippen molar-refractivity contribution in [1.82, 2.24) is 0 Å². The Kier molecular flexibility index (Phi) is 13.4. The lowest BCUT2D eigenvalue weighted by atomic mass is 9.27. The molecule has 434 valence electrons. The Morgan fingerprint density at radius 2 is 1.28 bits per heavy atom. The number of carboxylic acids is 2. The largest absolute Gasteiger partial charge is 0.484 e. The highest BCUT2D eigenvalue weighted by atomic mass is 16.7. The van der Waals surface area contributed by atoms with Crippen LogP contribution in [0.2, 0.25) is 0 Å². The highest BCUT2D eigenvalue weighted by Gasteiger charge is 2.77. The fourth-order valence-corrected chi connectivity index (χ4v) is 22.4. The number of aliphatic hydroxyl groups excluding tert-OH is 4. The Labute approximate surface area is 458 Å². The molecule has 0 amide bonds. The molecular weight excluding hydrogens is 1000 g/mol. The molecular formula is C61H88O17. The molecule has 0 aromatic heterocycles. The topological polar surface area (TPSA) is 265 Å². The Morgan fingerprint density at radius 3 is 1.88 bits per heavy atom. The average molecular weight is 1090 g/mol. The molecule has 17 heteroatoms. The first-order chi connectivity index (χ1) is 36.6. The number of aliphatic hydroxyl groups is 5. The maximum Gasteiger partial charge on any atom is 0.341 e. The van der Waals surface area contributed by atoms with Gasteiger partial charge in [-0.2, -0.15) is 0 Å². The summed E-state index contributed by atoms with van der Waals surface area (Å²) in [4.78, 5) is 52.1. The van der Waals surface area contributed by atoms with E-state index in [9.17, 15) is 54.9 Å². The van der Waals surface area contributed by atoms with Crippen molar-refractivity contribution in [2.75, 3.05) is 27.4 Å². The van der Waals surface area contributed by atoms with E-state index in [-0.39, 0.29) is 94.2 Å². The quantitative estimate of drug-likeness (QED) is 0.0917. The molecule has 9 unspecified atom stereocenters. The van der Waals surface area contributed by atoms with Crippen molar-refractivity contribution in [3.63, 3.8) is 0 Å². The first-order valence-corrected chi connectivity index (χ1v) is 29.4. The third kappa shape index (κ3) is 7.18. The number of cyclic esters (lactones) is 1. The molecule has 1 saturated heterocycles. The van der Waals surface area contributed by atoms with Gasteiger partial charge in [0.2, 0.25) is 5.79 Å². The van der Waals surface area contributed by atoms with Crippen molar-refractivity contribution < 1.29 is 83.3 Å². The SMILES string of the molecule is COC(=O)CCC1(O)OC(=O)c2c1ccc1c2CC2[C@](CO)(CCC3[C@@]2(C)CCC2[C@]4(C)CCC5[C@]6(C)CCC7[C@@](C)(C(=O)O)C(O[C@@H]8O[C@H](C(=O)O)[C@@H](O)[C@H](O)[C@H]8OC)C[C@@H](C)[C@]7(C)C6C[C@@H](C)[C@]5(C)C4CC[C@]32CO)O1. The van der Waals surface area contributed by atoms with Crippen molar-refractivity contribution >= 4 is 23.9 Å². The first-order valence-electron chi connectivity index (χ1n) is 29.4. The summed E-state index contributed by atoms with van der Waals surface area (Å²) in [6, 6.07) is 3.40. The molecule has 1 aromatic carbocycles. The lowest BCUT2D eigenvalue weighted by Crippen LogP contribution is -2.73. The number of fused-ring (bicyclic) bond motifs is 16. The number of carbonyl (C=O) groups excluding carboxylic acids is 2. The summed E-state index contributed by atoms with van der Waals surface area (Å²) in [6.07, 6.45) is 1.22. The Hall–Kier alpha value is -3.42. The molecule has 17 nitrogen and oxygen atoms in total. The van der Waals surface area contributed by atoms with Crippen LogP contribution < -0.4 is 4.74 Å². The number of hydrogen-bond acceptors (Lipinski definition) is 15. The molecule has 0 spiro atoms. The van der Waals surface area contributed by atoms with Crippen LogP contribution in [0.4, 0.5) is 0 Å². The van der Waals surface area contributed by atoms with Gasteiger partial charge >= 0.3 is 23.9 Å². The van der Waals surface area contributed by atoms with Gasteiger partial charge in [0.05, 0.1) is 37.2 Å². The Balaban J connectivity index is 0.875. The van der Waals surface area contributed by atoms with Gasteiger partial charge in [-0.05, 0) is 177 Å². The Bertz CT molecular complexity index is 2610. The molecule has 11 rings (SSSR count). The molecule has 3 aliphatic heterocycles. The number of ether oxygens (including phenoxy) is 6. The normalized spacial score (nSPS) is 51.7. The number of methoxy groups -OCH3 is 2. The molecule has 3 heterocycles. The average Bonchev–Trinajstić information content (AvgIpc) is 2.52. The molecule has 8 fully saturated rings. The van der Waals surface area contributed by atoms with E-state index in [0.29, 0.717) is 60.3 Å². The predicted octanol–water partition coefficient (Wildman–Crippen LogP) is 7.02. The number of aliphatic carboxylic acids is 2. The van der Waals surface area contributed by atoms with Gasteiger partial charge in [-0.3, -0.25) is 9.59 Å². The van der Waals surface area contributed by atoms with Crippen molar-refractivity contribution in [2.24, 2.45) is 91.2 Å². The van der Waals surface area contributed by atoms with E-state index < -0.39 is 82.9 Å². The van der Waals surface area contributed by atoms with Crippen molar-refractivity contribution in [3.05, 3.63) is 28.8 Å². The van der Waals surface area contributed by atoms with E-state index >= 15 is 0 Å². The molecule has 10 aliphatic rings. The van der Waals surface area contributed by atoms with Crippen LogP contribution in [0.5, 0.6) is 5.75 Å². The highest BCUT2D eigenvalue weighted by molar-refractivity contribution is 5.97. The second-order valence-corrected chi connectivity index (χ2v) is 28.4. The van der Waals surface area contributed by atoms with Gasteiger partial charge in [-0.1, -0.05) is 48.5 Å². The van der Waals surface area contributed by atoms with Gasteiger partial charge < -0.3 is 64.2 Å².